The van der Waals surface area contributed by atoms with Crippen LogP contribution in [0.4, 0.5) is 0 Å². The fourth-order valence-corrected chi connectivity index (χ4v) is 7.75. The molecule has 0 unspecified atom stereocenters. The lowest BCUT2D eigenvalue weighted by atomic mass is 9.99. The average Bonchev–Trinajstić information content (AvgIpc) is 3.70. The third kappa shape index (κ3) is 4.57. The van der Waals surface area contributed by atoms with E-state index >= 15 is 0 Å². The van der Waals surface area contributed by atoms with Gasteiger partial charge in [-0.15, -0.1) is 0 Å². The Kier molecular flexibility index (Phi) is 6.53. The van der Waals surface area contributed by atoms with E-state index in [4.69, 9.17) is 0 Å². The van der Waals surface area contributed by atoms with Crippen LogP contribution in [0.1, 0.15) is 0 Å². The number of para-hydroxylation sites is 2. The van der Waals surface area contributed by atoms with Gasteiger partial charge in [-0.25, -0.2) is 0 Å². The number of nitrogens with zero attached hydrogens (tertiary/aromatic N) is 2. The second-order valence-electron chi connectivity index (χ2n) is 13.0. The van der Waals surface area contributed by atoms with Crippen LogP contribution in [0.3, 0.4) is 0 Å². The molecule has 0 saturated heterocycles. The topological polar surface area (TPSA) is 9.86 Å². The molecule has 0 fully saturated rings. The lowest BCUT2D eigenvalue weighted by molar-refractivity contribution is 1.18. The normalized spacial score (nSPS) is 11.6. The Morgan fingerprint density at radius 2 is 0.660 bits per heavy atom. The van der Waals surface area contributed by atoms with Crippen molar-refractivity contribution >= 4 is 43.6 Å². The van der Waals surface area contributed by atoms with Crippen LogP contribution in [-0.2, 0) is 0 Å². The standard InChI is InChI=1S/C48H32N2/c1-4-13-33(14-5-1)35-17-12-20-40(29-35)50-46-27-24-36(34-15-6-2-7-16-34)30-43(46)44-31-37(25-28-47(44)50)38-23-26-42-41-21-10-11-22-45(41)49(48(42)32-38)39-18-8-3-9-19-39/h1-32H. The Bertz CT molecular complexity index is 2840. The van der Waals surface area contributed by atoms with Crippen molar-refractivity contribution in [1.82, 2.24) is 9.13 Å². The first-order valence-electron chi connectivity index (χ1n) is 17.2. The maximum absolute atomic E-state index is 2.42. The van der Waals surface area contributed by atoms with Gasteiger partial charge in [0.25, 0.3) is 0 Å². The number of hydrogen-bond donors (Lipinski definition) is 0. The molecule has 0 saturated carbocycles. The summed E-state index contributed by atoms with van der Waals surface area (Å²) in [5.41, 5.74) is 14.4. The average molecular weight is 637 g/mol. The Labute approximate surface area is 290 Å². The highest BCUT2D eigenvalue weighted by Gasteiger charge is 2.17. The van der Waals surface area contributed by atoms with Crippen molar-refractivity contribution in [3.63, 3.8) is 0 Å². The van der Waals surface area contributed by atoms with Gasteiger partial charge in [0.1, 0.15) is 0 Å². The number of aromatic nitrogens is 2. The van der Waals surface area contributed by atoms with Crippen LogP contribution in [0.25, 0.3) is 88.4 Å². The minimum absolute atomic E-state index is 1.15. The van der Waals surface area contributed by atoms with Gasteiger partial charge in [-0.2, -0.15) is 0 Å². The van der Waals surface area contributed by atoms with Crippen molar-refractivity contribution in [3.05, 3.63) is 194 Å². The molecule has 0 aliphatic heterocycles. The van der Waals surface area contributed by atoms with E-state index in [0.717, 1.165) is 5.69 Å². The van der Waals surface area contributed by atoms with Gasteiger partial charge < -0.3 is 9.13 Å². The third-order valence-corrected chi connectivity index (χ3v) is 10.1. The molecule has 0 atom stereocenters. The van der Waals surface area contributed by atoms with E-state index in [2.05, 4.69) is 203 Å². The van der Waals surface area contributed by atoms with Gasteiger partial charge in [0, 0.05) is 32.9 Å². The summed E-state index contributed by atoms with van der Waals surface area (Å²) < 4.78 is 4.82. The second-order valence-corrected chi connectivity index (χ2v) is 13.0. The number of rotatable bonds is 5. The Balaban J connectivity index is 1.20. The second kappa shape index (κ2) is 11.5. The minimum Gasteiger partial charge on any atom is -0.309 e. The monoisotopic (exact) mass is 636 g/mol. The van der Waals surface area contributed by atoms with Gasteiger partial charge in [-0.05, 0) is 94.0 Å². The first-order chi connectivity index (χ1) is 24.8. The minimum atomic E-state index is 1.15. The van der Waals surface area contributed by atoms with E-state index in [1.54, 1.807) is 0 Å². The SMILES string of the molecule is c1ccc(-c2cccc(-n3c4ccc(-c5ccccc5)cc4c4cc(-c5ccc6c7ccccc7n(-c7ccccc7)c6c5)ccc43)c2)cc1. The summed E-state index contributed by atoms with van der Waals surface area (Å²) in [7, 11) is 0. The van der Waals surface area contributed by atoms with Crippen molar-refractivity contribution < 1.29 is 0 Å². The van der Waals surface area contributed by atoms with Crippen LogP contribution >= 0.6 is 0 Å². The molecule has 2 heteroatoms. The molecule has 0 amide bonds. The number of fused-ring (bicyclic) bond motifs is 6. The van der Waals surface area contributed by atoms with E-state index in [1.165, 1.54) is 82.7 Å². The largest absolute Gasteiger partial charge is 0.309 e. The van der Waals surface area contributed by atoms with Crippen molar-refractivity contribution in [2.45, 2.75) is 0 Å². The van der Waals surface area contributed by atoms with E-state index in [0.29, 0.717) is 0 Å². The van der Waals surface area contributed by atoms with Crippen LogP contribution < -0.4 is 0 Å². The van der Waals surface area contributed by atoms with Crippen molar-refractivity contribution in [1.29, 1.82) is 0 Å². The molecule has 2 aromatic heterocycles. The quantitative estimate of drug-likeness (QED) is 0.178. The molecular formula is C48H32N2. The molecule has 10 aromatic rings. The summed E-state index contributed by atoms with van der Waals surface area (Å²) in [6.07, 6.45) is 0. The smallest absolute Gasteiger partial charge is 0.0547 e. The molecule has 2 nitrogen and oxygen atoms in total. The highest BCUT2D eigenvalue weighted by molar-refractivity contribution is 6.13. The molecular weight excluding hydrogens is 605 g/mol. The van der Waals surface area contributed by atoms with Crippen molar-refractivity contribution in [2.75, 3.05) is 0 Å². The maximum atomic E-state index is 2.42. The fourth-order valence-electron chi connectivity index (χ4n) is 7.75. The zero-order chi connectivity index (χ0) is 33.0. The predicted octanol–water partition coefficient (Wildman–Crippen LogP) is 12.9. The summed E-state index contributed by atoms with van der Waals surface area (Å²) in [6, 6.07) is 70.4. The molecule has 8 aromatic carbocycles. The molecule has 0 N–H and O–H groups in total. The van der Waals surface area contributed by atoms with Crippen molar-refractivity contribution in [2.24, 2.45) is 0 Å². The molecule has 0 aliphatic rings. The lowest BCUT2D eigenvalue weighted by Crippen LogP contribution is -1.94. The Morgan fingerprint density at radius 1 is 0.220 bits per heavy atom. The van der Waals surface area contributed by atoms with Gasteiger partial charge in [0.2, 0.25) is 0 Å². The third-order valence-electron chi connectivity index (χ3n) is 10.1. The summed E-state index contributed by atoms with van der Waals surface area (Å²) in [6.45, 7) is 0. The molecule has 0 radical (unpaired) electrons. The zero-order valence-corrected chi connectivity index (χ0v) is 27.4. The van der Waals surface area contributed by atoms with E-state index in [9.17, 15) is 0 Å². The van der Waals surface area contributed by atoms with Crippen LogP contribution in [0.2, 0.25) is 0 Å². The number of benzene rings is 8. The van der Waals surface area contributed by atoms with Crippen molar-refractivity contribution in [3.8, 4) is 44.8 Å². The molecule has 50 heavy (non-hydrogen) atoms. The molecule has 10 rings (SSSR count). The van der Waals surface area contributed by atoms with Gasteiger partial charge in [-0.3, -0.25) is 0 Å². The zero-order valence-electron chi connectivity index (χ0n) is 27.4. The Morgan fingerprint density at radius 3 is 1.34 bits per heavy atom. The summed E-state index contributed by atoms with van der Waals surface area (Å²) in [5, 5.41) is 5.01. The number of hydrogen-bond acceptors (Lipinski definition) is 0. The predicted molar refractivity (Wildman–Crippen MR) is 211 cm³/mol. The lowest BCUT2D eigenvalue weighted by Gasteiger charge is -2.11. The first-order valence-corrected chi connectivity index (χ1v) is 17.2. The highest BCUT2D eigenvalue weighted by atomic mass is 15.0. The molecule has 234 valence electrons. The van der Waals surface area contributed by atoms with Crippen LogP contribution in [0.5, 0.6) is 0 Å². The highest BCUT2D eigenvalue weighted by Crippen LogP contribution is 2.39. The molecule has 0 bridgehead atoms. The van der Waals surface area contributed by atoms with Gasteiger partial charge >= 0.3 is 0 Å². The molecule has 0 spiro atoms. The van der Waals surface area contributed by atoms with Gasteiger partial charge in [0.05, 0.1) is 22.1 Å². The van der Waals surface area contributed by atoms with Gasteiger partial charge in [0.15, 0.2) is 0 Å². The van der Waals surface area contributed by atoms with Crippen LogP contribution in [0.15, 0.2) is 194 Å². The van der Waals surface area contributed by atoms with E-state index in [-0.39, 0.29) is 0 Å². The summed E-state index contributed by atoms with van der Waals surface area (Å²) >= 11 is 0. The van der Waals surface area contributed by atoms with Gasteiger partial charge in [-0.1, -0.05) is 133 Å². The summed E-state index contributed by atoms with van der Waals surface area (Å²) in [5.74, 6) is 0. The fraction of sp³-hybridized carbons (Fsp3) is 0. The summed E-state index contributed by atoms with van der Waals surface area (Å²) in [4.78, 5) is 0. The maximum Gasteiger partial charge on any atom is 0.0547 e. The molecule has 0 aliphatic carbocycles. The first kappa shape index (κ1) is 28.4. The Hall–Kier alpha value is -6.64. The van der Waals surface area contributed by atoms with E-state index in [1.807, 2.05) is 0 Å². The van der Waals surface area contributed by atoms with Crippen LogP contribution in [-0.4, -0.2) is 9.13 Å². The van der Waals surface area contributed by atoms with Crippen LogP contribution in [0, 0.1) is 0 Å². The van der Waals surface area contributed by atoms with E-state index < -0.39 is 0 Å². The molecule has 2 heterocycles.